The molecule has 1 fully saturated rings. The summed E-state index contributed by atoms with van der Waals surface area (Å²) in [7, 11) is 0. The average Bonchev–Trinajstić information content (AvgIpc) is 3.15. The summed E-state index contributed by atoms with van der Waals surface area (Å²) in [5.41, 5.74) is 2.13. The summed E-state index contributed by atoms with van der Waals surface area (Å²) in [6.45, 7) is 0. The summed E-state index contributed by atoms with van der Waals surface area (Å²) in [5, 5.41) is 5.28. The highest BCUT2D eigenvalue weighted by Gasteiger charge is 2.21. The van der Waals surface area contributed by atoms with E-state index in [2.05, 4.69) is 5.10 Å². The molecule has 1 aromatic heterocycles. The van der Waals surface area contributed by atoms with Gasteiger partial charge < -0.3 is 0 Å². The minimum Gasteiger partial charge on any atom is -0.298 e. The van der Waals surface area contributed by atoms with Crippen molar-refractivity contribution in [3.63, 3.8) is 0 Å². The maximum Gasteiger partial charge on any atom is 0.153 e. The van der Waals surface area contributed by atoms with Crippen LogP contribution in [0.3, 0.4) is 0 Å². The van der Waals surface area contributed by atoms with E-state index in [1.54, 1.807) is 11.8 Å². The number of thioether (sulfide) groups is 1. The first-order valence-electron chi connectivity index (χ1n) is 7.11. The van der Waals surface area contributed by atoms with Gasteiger partial charge in [-0.15, -0.1) is 11.8 Å². The number of hydrogen-bond donors (Lipinski definition) is 0. The van der Waals surface area contributed by atoms with Gasteiger partial charge in [0.15, 0.2) is 6.29 Å². The van der Waals surface area contributed by atoms with Crippen molar-refractivity contribution in [2.45, 2.75) is 36.6 Å². The molecule has 1 saturated carbocycles. The number of nitrogens with zero attached hydrogens (tertiary/aromatic N) is 2. The van der Waals surface area contributed by atoms with Gasteiger partial charge in [-0.2, -0.15) is 5.10 Å². The molecule has 0 spiro atoms. The monoisotopic (exact) mass is 320 g/mol. The Labute approximate surface area is 133 Å². The van der Waals surface area contributed by atoms with Crippen LogP contribution in [0.15, 0.2) is 29.3 Å². The Balaban J connectivity index is 2.02. The van der Waals surface area contributed by atoms with Gasteiger partial charge >= 0.3 is 0 Å². The van der Waals surface area contributed by atoms with E-state index in [0.717, 1.165) is 29.6 Å². The highest BCUT2D eigenvalue weighted by Crippen LogP contribution is 2.34. The summed E-state index contributed by atoms with van der Waals surface area (Å²) in [6.07, 6.45) is 9.48. The number of carbonyl (C=O) groups is 1. The smallest absolute Gasteiger partial charge is 0.153 e. The zero-order valence-corrected chi connectivity index (χ0v) is 13.5. The van der Waals surface area contributed by atoms with E-state index in [0.29, 0.717) is 22.3 Å². The lowest BCUT2D eigenvalue weighted by molar-refractivity contribution is 0.112. The van der Waals surface area contributed by atoms with Gasteiger partial charge in [0, 0.05) is 16.7 Å². The Bertz CT molecular complexity index is 662. The second kappa shape index (κ2) is 6.24. The van der Waals surface area contributed by atoms with Crippen molar-refractivity contribution >= 4 is 29.6 Å². The minimum absolute atomic E-state index is 0.418. The highest BCUT2D eigenvalue weighted by atomic mass is 35.5. The number of hydrogen-bond acceptors (Lipinski definition) is 3. The molecule has 0 unspecified atom stereocenters. The first-order valence-corrected chi connectivity index (χ1v) is 8.71. The first-order chi connectivity index (χ1) is 10.2. The normalized spacial score (nSPS) is 15.5. The number of aromatic nitrogens is 2. The standard InChI is InChI=1S/C16H17ClN2OS/c1-21-13-6-7-14(15(17)8-13)16-11(10-20)9-19(18-16)12-4-2-3-5-12/h6-10,12H,2-5H2,1H3. The number of halogens is 1. The molecule has 0 saturated heterocycles. The Morgan fingerprint density at radius 3 is 2.76 bits per heavy atom. The van der Waals surface area contributed by atoms with Crippen LogP contribution in [-0.2, 0) is 0 Å². The molecule has 1 heterocycles. The maximum atomic E-state index is 11.4. The molecule has 110 valence electrons. The van der Waals surface area contributed by atoms with E-state index in [1.165, 1.54) is 12.8 Å². The van der Waals surface area contributed by atoms with Gasteiger partial charge in [0.05, 0.1) is 16.6 Å². The zero-order valence-electron chi connectivity index (χ0n) is 11.9. The van der Waals surface area contributed by atoms with Crippen LogP contribution in [0, 0.1) is 0 Å². The zero-order chi connectivity index (χ0) is 14.8. The largest absolute Gasteiger partial charge is 0.298 e. The number of rotatable bonds is 4. The molecule has 0 bridgehead atoms. The Kier molecular flexibility index (Phi) is 4.36. The van der Waals surface area contributed by atoms with Crippen LogP contribution in [0.2, 0.25) is 5.02 Å². The van der Waals surface area contributed by atoms with E-state index < -0.39 is 0 Å². The van der Waals surface area contributed by atoms with Crippen LogP contribution < -0.4 is 0 Å². The van der Waals surface area contributed by atoms with Crippen LogP contribution in [-0.4, -0.2) is 22.3 Å². The lowest BCUT2D eigenvalue weighted by atomic mass is 10.1. The van der Waals surface area contributed by atoms with Crippen molar-refractivity contribution in [2.24, 2.45) is 0 Å². The number of aldehydes is 1. The molecule has 0 radical (unpaired) electrons. The molecule has 0 amide bonds. The lowest BCUT2D eigenvalue weighted by Gasteiger charge is -2.09. The molecule has 5 heteroatoms. The molecule has 3 nitrogen and oxygen atoms in total. The van der Waals surface area contributed by atoms with E-state index in [-0.39, 0.29) is 0 Å². The molecule has 1 aliphatic carbocycles. The predicted octanol–water partition coefficient (Wildman–Crippen LogP) is 4.85. The van der Waals surface area contributed by atoms with E-state index in [4.69, 9.17) is 11.6 Å². The summed E-state index contributed by atoms with van der Waals surface area (Å²) in [4.78, 5) is 12.5. The second-order valence-corrected chi connectivity index (χ2v) is 6.60. The summed E-state index contributed by atoms with van der Waals surface area (Å²) >= 11 is 8.00. The fourth-order valence-electron chi connectivity index (χ4n) is 2.87. The van der Waals surface area contributed by atoms with Crippen molar-refractivity contribution in [1.82, 2.24) is 9.78 Å². The fraction of sp³-hybridized carbons (Fsp3) is 0.375. The van der Waals surface area contributed by atoms with Gasteiger partial charge in [-0.3, -0.25) is 9.48 Å². The quantitative estimate of drug-likeness (QED) is 0.596. The Morgan fingerprint density at radius 2 is 2.14 bits per heavy atom. The van der Waals surface area contributed by atoms with Crippen molar-refractivity contribution in [3.05, 3.63) is 35.0 Å². The average molecular weight is 321 g/mol. The minimum atomic E-state index is 0.418. The van der Waals surface area contributed by atoms with Crippen LogP contribution in [0.1, 0.15) is 42.1 Å². The highest BCUT2D eigenvalue weighted by molar-refractivity contribution is 7.98. The topological polar surface area (TPSA) is 34.9 Å². The molecular weight excluding hydrogens is 304 g/mol. The second-order valence-electron chi connectivity index (χ2n) is 5.31. The molecule has 3 rings (SSSR count). The Morgan fingerprint density at radius 1 is 1.38 bits per heavy atom. The van der Waals surface area contributed by atoms with E-state index in [1.807, 2.05) is 35.3 Å². The lowest BCUT2D eigenvalue weighted by Crippen LogP contribution is -2.04. The third-order valence-electron chi connectivity index (χ3n) is 4.02. The predicted molar refractivity (Wildman–Crippen MR) is 87.3 cm³/mol. The van der Waals surface area contributed by atoms with Crippen molar-refractivity contribution in [1.29, 1.82) is 0 Å². The molecule has 0 atom stereocenters. The van der Waals surface area contributed by atoms with Crippen LogP contribution in [0.5, 0.6) is 0 Å². The van der Waals surface area contributed by atoms with Crippen molar-refractivity contribution in [2.75, 3.05) is 6.26 Å². The molecule has 2 aromatic rings. The van der Waals surface area contributed by atoms with Crippen LogP contribution in [0.4, 0.5) is 0 Å². The summed E-state index contributed by atoms with van der Waals surface area (Å²) in [6, 6.07) is 6.30. The van der Waals surface area contributed by atoms with Crippen molar-refractivity contribution < 1.29 is 4.79 Å². The third kappa shape index (κ3) is 2.87. The first kappa shape index (κ1) is 14.7. The van der Waals surface area contributed by atoms with Gasteiger partial charge in [-0.25, -0.2) is 0 Å². The van der Waals surface area contributed by atoms with Crippen molar-refractivity contribution in [3.8, 4) is 11.3 Å². The van der Waals surface area contributed by atoms with Crippen LogP contribution in [0.25, 0.3) is 11.3 Å². The molecular formula is C16H17ClN2OS. The van der Waals surface area contributed by atoms with Gasteiger partial charge in [-0.1, -0.05) is 30.5 Å². The fourth-order valence-corrected chi connectivity index (χ4v) is 3.65. The third-order valence-corrected chi connectivity index (χ3v) is 5.06. The van der Waals surface area contributed by atoms with E-state index in [9.17, 15) is 4.79 Å². The van der Waals surface area contributed by atoms with E-state index >= 15 is 0 Å². The van der Waals surface area contributed by atoms with Crippen LogP contribution >= 0.6 is 23.4 Å². The Hall–Kier alpha value is -1.26. The van der Waals surface area contributed by atoms with Gasteiger partial charge in [0.1, 0.15) is 5.69 Å². The van der Waals surface area contributed by atoms with Gasteiger partial charge in [-0.05, 0) is 31.2 Å². The summed E-state index contributed by atoms with van der Waals surface area (Å²) in [5.74, 6) is 0. The molecule has 0 aliphatic heterocycles. The maximum absolute atomic E-state index is 11.4. The summed E-state index contributed by atoms with van der Waals surface area (Å²) < 4.78 is 1.95. The number of carbonyl (C=O) groups excluding carboxylic acids is 1. The SMILES string of the molecule is CSc1ccc(-c2nn(C3CCCC3)cc2C=O)c(Cl)c1. The molecule has 21 heavy (non-hydrogen) atoms. The molecule has 1 aliphatic rings. The van der Waals surface area contributed by atoms with Gasteiger partial charge in [0.25, 0.3) is 0 Å². The van der Waals surface area contributed by atoms with Gasteiger partial charge in [0.2, 0.25) is 0 Å². The molecule has 1 aromatic carbocycles. The number of benzene rings is 1. The molecule has 0 N–H and O–H groups in total.